The molecule has 0 saturated carbocycles. The van der Waals surface area contributed by atoms with Crippen LogP contribution in [0.4, 0.5) is 11.4 Å². The molecule has 1 atom stereocenters. The van der Waals surface area contributed by atoms with Gasteiger partial charge in [0.05, 0.1) is 37.8 Å². The molecule has 0 aliphatic carbocycles. The highest BCUT2D eigenvalue weighted by molar-refractivity contribution is 8.14. The van der Waals surface area contributed by atoms with Gasteiger partial charge in [-0.3, -0.25) is 15.5 Å². The Balaban J connectivity index is 2.21. The molecule has 0 aromatic heterocycles. The van der Waals surface area contributed by atoms with Crippen LogP contribution in [0.1, 0.15) is 41.4 Å². The summed E-state index contributed by atoms with van der Waals surface area (Å²) in [4.78, 5) is 24.9. The van der Waals surface area contributed by atoms with Crippen LogP contribution in [0.3, 0.4) is 0 Å². The Bertz CT molecular complexity index is 1250. The summed E-state index contributed by atoms with van der Waals surface area (Å²) in [7, 11) is 4.56. The van der Waals surface area contributed by atoms with E-state index < -0.39 is 0 Å². The van der Waals surface area contributed by atoms with E-state index in [4.69, 9.17) is 14.2 Å². The molecule has 0 heterocycles. The SMILES string of the molecule is COc1ccc(C(=O)SC(CC=C(C)C)c2cc(OC)c3c(NO)ccc(N=O)c3c2OC)cc1. The second kappa shape index (κ2) is 11.7. The van der Waals surface area contributed by atoms with Gasteiger partial charge in [0.2, 0.25) is 5.12 Å². The molecule has 0 aliphatic rings. The minimum absolute atomic E-state index is 0.125. The zero-order valence-electron chi connectivity index (χ0n) is 20.2. The molecule has 2 N–H and O–H groups in total. The molecule has 0 spiro atoms. The first-order chi connectivity index (χ1) is 16.9. The summed E-state index contributed by atoms with van der Waals surface area (Å²) in [6, 6.07) is 11.7. The lowest BCUT2D eigenvalue weighted by molar-refractivity contribution is 0.108. The maximum atomic E-state index is 13.2. The number of allylic oxidation sites excluding steroid dienone is 2. The van der Waals surface area contributed by atoms with Gasteiger partial charge in [-0.05, 0) is 67.9 Å². The fourth-order valence-electron chi connectivity index (χ4n) is 3.80. The van der Waals surface area contributed by atoms with Crippen LogP contribution in [0.15, 0.2) is 59.3 Å². The monoisotopic (exact) mass is 496 g/mol. The third-order valence-corrected chi connectivity index (χ3v) is 6.69. The largest absolute Gasteiger partial charge is 0.497 e. The Labute approximate surface area is 208 Å². The maximum Gasteiger partial charge on any atom is 0.219 e. The van der Waals surface area contributed by atoms with E-state index in [2.05, 4.69) is 10.7 Å². The van der Waals surface area contributed by atoms with E-state index in [-0.39, 0.29) is 16.1 Å². The fraction of sp³-hybridized carbons (Fsp3) is 0.269. The summed E-state index contributed by atoms with van der Waals surface area (Å²) in [5.74, 6) is 1.45. The predicted octanol–water partition coefficient (Wildman–Crippen LogP) is 7.04. The smallest absolute Gasteiger partial charge is 0.219 e. The number of thioether (sulfide) groups is 1. The van der Waals surface area contributed by atoms with Gasteiger partial charge in [0, 0.05) is 16.4 Å². The number of fused-ring (bicyclic) bond motifs is 1. The highest BCUT2D eigenvalue weighted by Crippen LogP contribution is 2.50. The van der Waals surface area contributed by atoms with Crippen molar-refractivity contribution < 1.29 is 24.2 Å². The van der Waals surface area contributed by atoms with Crippen LogP contribution in [0.2, 0.25) is 0 Å². The Morgan fingerprint density at radius 1 is 1.06 bits per heavy atom. The lowest BCUT2D eigenvalue weighted by Gasteiger charge is -2.22. The lowest BCUT2D eigenvalue weighted by atomic mass is 9.97. The second-order valence-corrected chi connectivity index (χ2v) is 9.10. The summed E-state index contributed by atoms with van der Waals surface area (Å²) in [5, 5.41) is 13.2. The van der Waals surface area contributed by atoms with Gasteiger partial charge in [-0.2, -0.15) is 0 Å². The van der Waals surface area contributed by atoms with Gasteiger partial charge in [0.1, 0.15) is 22.9 Å². The van der Waals surface area contributed by atoms with Crippen molar-refractivity contribution in [3.8, 4) is 17.2 Å². The normalized spacial score (nSPS) is 11.5. The Morgan fingerprint density at radius 3 is 2.31 bits per heavy atom. The van der Waals surface area contributed by atoms with Crippen LogP contribution in [0.25, 0.3) is 10.8 Å². The molecule has 8 nitrogen and oxygen atoms in total. The number of ether oxygens (including phenoxy) is 3. The molecular formula is C26H28N2O6S. The van der Waals surface area contributed by atoms with E-state index in [1.807, 2.05) is 19.9 Å². The Morgan fingerprint density at radius 2 is 1.77 bits per heavy atom. The van der Waals surface area contributed by atoms with Gasteiger partial charge in [0.25, 0.3) is 0 Å². The standard InChI is InChI=1S/C26H28N2O6S/c1-15(2)6-13-22(35-26(29)16-7-9-17(32-3)10-8-16)18-14-21(33-4)23-19(27-30)11-12-20(28-31)24(23)25(18)34-5/h6-12,14,22,27,30H,13H2,1-5H3. The number of rotatable bonds is 10. The number of carbonyl (C=O) groups is 1. The maximum absolute atomic E-state index is 13.2. The number of hydrogen-bond acceptors (Lipinski definition) is 9. The summed E-state index contributed by atoms with van der Waals surface area (Å²) < 4.78 is 16.6. The minimum Gasteiger partial charge on any atom is -0.497 e. The molecule has 1 unspecified atom stereocenters. The van der Waals surface area contributed by atoms with Gasteiger partial charge < -0.3 is 14.2 Å². The van der Waals surface area contributed by atoms with Gasteiger partial charge in [-0.1, -0.05) is 23.4 Å². The number of nitrogens with zero attached hydrogens (tertiary/aromatic N) is 1. The van der Waals surface area contributed by atoms with Gasteiger partial charge in [0.15, 0.2) is 0 Å². The molecule has 3 aromatic carbocycles. The van der Waals surface area contributed by atoms with Crippen molar-refractivity contribution in [3.05, 3.63) is 70.1 Å². The van der Waals surface area contributed by atoms with Crippen LogP contribution in [-0.2, 0) is 0 Å². The highest BCUT2D eigenvalue weighted by atomic mass is 32.2. The summed E-state index contributed by atoms with van der Waals surface area (Å²) in [6.07, 6.45) is 2.57. The molecule has 0 fully saturated rings. The van der Waals surface area contributed by atoms with E-state index in [1.54, 1.807) is 37.4 Å². The fourth-order valence-corrected chi connectivity index (χ4v) is 4.82. The third-order valence-electron chi connectivity index (χ3n) is 5.51. The minimum atomic E-state index is -0.363. The van der Waals surface area contributed by atoms with E-state index >= 15 is 0 Å². The summed E-state index contributed by atoms with van der Waals surface area (Å²) in [6.45, 7) is 3.97. The number of nitroso groups, excluding NO2 is 1. The molecule has 3 aromatic rings. The Kier molecular flexibility index (Phi) is 8.73. The van der Waals surface area contributed by atoms with Gasteiger partial charge in [-0.15, -0.1) is 4.91 Å². The van der Waals surface area contributed by atoms with Crippen LogP contribution < -0.4 is 19.7 Å². The average Bonchev–Trinajstić information content (AvgIpc) is 2.89. The third kappa shape index (κ3) is 5.58. The number of carbonyl (C=O) groups excluding carboxylic acids is 1. The van der Waals surface area contributed by atoms with E-state index in [0.717, 1.165) is 17.3 Å². The van der Waals surface area contributed by atoms with Crippen LogP contribution in [0, 0.1) is 4.91 Å². The Hall–Kier alpha value is -3.56. The summed E-state index contributed by atoms with van der Waals surface area (Å²) in [5.41, 5.74) is 4.90. The van der Waals surface area contributed by atoms with Crippen LogP contribution >= 0.6 is 11.8 Å². The second-order valence-electron chi connectivity index (χ2n) is 7.93. The summed E-state index contributed by atoms with van der Waals surface area (Å²) >= 11 is 1.15. The molecule has 0 radical (unpaired) electrons. The lowest BCUT2D eigenvalue weighted by Crippen LogP contribution is -2.05. The molecule has 9 heteroatoms. The molecule has 35 heavy (non-hydrogen) atoms. The van der Waals surface area contributed by atoms with Crippen LogP contribution in [0.5, 0.6) is 17.2 Å². The van der Waals surface area contributed by atoms with Crippen molar-refractivity contribution >= 4 is 39.0 Å². The van der Waals surface area contributed by atoms with Gasteiger partial charge >= 0.3 is 0 Å². The first kappa shape index (κ1) is 26.1. The van der Waals surface area contributed by atoms with E-state index in [9.17, 15) is 14.9 Å². The quantitative estimate of drug-likeness (QED) is 0.175. The molecule has 3 rings (SSSR count). The topological polar surface area (TPSA) is 106 Å². The highest BCUT2D eigenvalue weighted by Gasteiger charge is 2.27. The first-order valence-corrected chi connectivity index (χ1v) is 11.7. The van der Waals surface area contributed by atoms with E-state index in [0.29, 0.717) is 51.3 Å². The average molecular weight is 497 g/mol. The number of anilines is 1. The predicted molar refractivity (Wildman–Crippen MR) is 140 cm³/mol. The zero-order chi connectivity index (χ0) is 25.5. The van der Waals surface area contributed by atoms with E-state index in [1.165, 1.54) is 26.4 Å². The number of hydrogen-bond donors (Lipinski definition) is 2. The molecule has 0 aliphatic heterocycles. The van der Waals surface area contributed by atoms with Crippen molar-refractivity contribution in [3.63, 3.8) is 0 Å². The molecule has 0 saturated heterocycles. The molecular weight excluding hydrogens is 468 g/mol. The zero-order valence-corrected chi connectivity index (χ0v) is 21.1. The van der Waals surface area contributed by atoms with Crippen molar-refractivity contribution in [1.29, 1.82) is 0 Å². The van der Waals surface area contributed by atoms with Crippen molar-refractivity contribution in [1.82, 2.24) is 0 Å². The first-order valence-electron chi connectivity index (χ1n) is 10.8. The van der Waals surface area contributed by atoms with Gasteiger partial charge in [-0.25, -0.2) is 0 Å². The van der Waals surface area contributed by atoms with Crippen molar-refractivity contribution in [2.24, 2.45) is 5.18 Å². The number of methoxy groups -OCH3 is 3. The molecule has 0 amide bonds. The number of benzene rings is 3. The van der Waals surface area contributed by atoms with Crippen LogP contribution in [-0.4, -0.2) is 31.7 Å². The molecule has 184 valence electrons. The molecule has 0 bridgehead atoms. The number of nitrogens with one attached hydrogen (secondary N) is 1. The van der Waals surface area contributed by atoms with Crippen molar-refractivity contribution in [2.45, 2.75) is 25.5 Å². The van der Waals surface area contributed by atoms with Crippen molar-refractivity contribution in [2.75, 3.05) is 26.8 Å².